The number of benzene rings is 1. The van der Waals surface area contributed by atoms with Gasteiger partial charge in [-0.1, -0.05) is 28.1 Å². The molecule has 5 heteroatoms. The van der Waals surface area contributed by atoms with Crippen molar-refractivity contribution in [1.29, 1.82) is 0 Å². The summed E-state index contributed by atoms with van der Waals surface area (Å²) in [5, 5.41) is 5.94. The Morgan fingerprint density at radius 2 is 1.93 bits per heavy atom. The first-order valence-corrected chi connectivity index (χ1v) is 5.62. The molecule has 78 valence electrons. The molecule has 0 unspecified atom stereocenters. The van der Waals surface area contributed by atoms with Gasteiger partial charge in [-0.3, -0.25) is 4.79 Å². The van der Waals surface area contributed by atoms with E-state index in [-0.39, 0.29) is 5.91 Å². The first-order chi connectivity index (χ1) is 7.02. The molecule has 2 rings (SSSR count). The number of rotatable bonds is 1. The maximum absolute atomic E-state index is 11.7. The van der Waals surface area contributed by atoms with Gasteiger partial charge in [0, 0.05) is 4.47 Å². The molecule has 2 N–H and O–H groups in total. The van der Waals surface area contributed by atoms with Crippen molar-refractivity contribution in [2.45, 2.75) is 12.5 Å². The number of halogens is 1. The van der Waals surface area contributed by atoms with Gasteiger partial charge in [0.15, 0.2) is 5.11 Å². The lowest BCUT2D eigenvalue weighted by molar-refractivity contribution is -0.123. The lowest BCUT2D eigenvalue weighted by atomic mass is 9.92. The second-order valence-corrected chi connectivity index (χ2v) is 4.86. The number of hydrogen-bond acceptors (Lipinski definition) is 2. The fourth-order valence-corrected chi connectivity index (χ4v) is 2.09. The molecule has 1 aliphatic heterocycles. The number of amides is 1. The van der Waals surface area contributed by atoms with Crippen LogP contribution in [0, 0.1) is 0 Å². The topological polar surface area (TPSA) is 41.1 Å². The minimum Gasteiger partial charge on any atom is -0.345 e. The van der Waals surface area contributed by atoms with Gasteiger partial charge in [-0.05, 0) is 36.8 Å². The van der Waals surface area contributed by atoms with E-state index >= 15 is 0 Å². The van der Waals surface area contributed by atoms with Crippen molar-refractivity contribution in [1.82, 2.24) is 10.6 Å². The van der Waals surface area contributed by atoms with Crippen LogP contribution < -0.4 is 10.6 Å². The third kappa shape index (κ3) is 1.77. The van der Waals surface area contributed by atoms with Crippen molar-refractivity contribution >= 4 is 39.2 Å². The van der Waals surface area contributed by atoms with Crippen LogP contribution in [0.3, 0.4) is 0 Å². The first kappa shape index (κ1) is 10.6. The van der Waals surface area contributed by atoms with E-state index in [1.54, 1.807) is 0 Å². The lowest BCUT2D eigenvalue weighted by Gasteiger charge is -2.21. The summed E-state index contributed by atoms with van der Waals surface area (Å²) in [6.45, 7) is 1.81. The zero-order valence-corrected chi connectivity index (χ0v) is 10.4. The Morgan fingerprint density at radius 3 is 2.40 bits per heavy atom. The molecule has 0 saturated carbocycles. The SMILES string of the molecule is C[C@]1(c2ccc(Br)cc2)NC(=S)NC1=O. The predicted octanol–water partition coefficient (Wildman–Crippen LogP) is 1.67. The van der Waals surface area contributed by atoms with Crippen molar-refractivity contribution in [3.05, 3.63) is 34.3 Å². The Kier molecular flexibility index (Phi) is 2.52. The van der Waals surface area contributed by atoms with E-state index < -0.39 is 5.54 Å². The summed E-state index contributed by atoms with van der Waals surface area (Å²) >= 11 is 8.27. The molecular formula is C10H9BrN2OS. The van der Waals surface area contributed by atoms with Crippen molar-refractivity contribution in [2.75, 3.05) is 0 Å². The van der Waals surface area contributed by atoms with Crippen LogP contribution in [0.1, 0.15) is 12.5 Å². The molecule has 1 saturated heterocycles. The van der Waals surface area contributed by atoms with Crippen LogP contribution >= 0.6 is 28.1 Å². The number of nitrogens with one attached hydrogen (secondary N) is 2. The molecule has 1 aliphatic rings. The fourth-order valence-electron chi connectivity index (χ4n) is 1.53. The van der Waals surface area contributed by atoms with Crippen LogP contribution in [-0.4, -0.2) is 11.0 Å². The Hall–Kier alpha value is -0.940. The summed E-state index contributed by atoms with van der Waals surface area (Å²) in [6, 6.07) is 7.59. The minimum atomic E-state index is -0.752. The Morgan fingerprint density at radius 1 is 1.33 bits per heavy atom. The molecular weight excluding hydrogens is 276 g/mol. The Balaban J connectivity index is 2.41. The summed E-state index contributed by atoms with van der Waals surface area (Å²) in [7, 11) is 0. The van der Waals surface area contributed by atoms with E-state index in [9.17, 15) is 4.79 Å². The second-order valence-electron chi connectivity index (χ2n) is 3.54. The van der Waals surface area contributed by atoms with E-state index in [1.165, 1.54) is 0 Å². The average Bonchev–Trinajstić information content (AvgIpc) is 2.42. The lowest BCUT2D eigenvalue weighted by Crippen LogP contribution is -2.40. The molecule has 0 aromatic heterocycles. The van der Waals surface area contributed by atoms with Gasteiger partial charge in [0.1, 0.15) is 5.54 Å². The number of carbonyl (C=O) groups is 1. The van der Waals surface area contributed by atoms with Crippen molar-refractivity contribution < 1.29 is 4.79 Å². The molecule has 0 radical (unpaired) electrons. The van der Waals surface area contributed by atoms with Gasteiger partial charge in [0.25, 0.3) is 5.91 Å². The van der Waals surface area contributed by atoms with Gasteiger partial charge < -0.3 is 10.6 Å². The smallest absolute Gasteiger partial charge is 0.256 e. The van der Waals surface area contributed by atoms with Crippen LogP contribution in [0.4, 0.5) is 0 Å². The third-order valence-corrected chi connectivity index (χ3v) is 3.20. The zero-order chi connectivity index (χ0) is 11.1. The first-order valence-electron chi connectivity index (χ1n) is 4.42. The van der Waals surface area contributed by atoms with E-state index in [0.29, 0.717) is 5.11 Å². The van der Waals surface area contributed by atoms with E-state index in [4.69, 9.17) is 12.2 Å². The van der Waals surface area contributed by atoms with Crippen LogP contribution in [0.5, 0.6) is 0 Å². The standard InChI is InChI=1S/C10H9BrN2OS/c1-10(8(14)12-9(15)13-10)6-2-4-7(11)5-3-6/h2-5H,1H3,(H2,12,13,14,15)/t10-/m1/s1. The highest BCUT2D eigenvalue weighted by molar-refractivity contribution is 9.10. The largest absolute Gasteiger partial charge is 0.345 e. The summed E-state index contributed by atoms with van der Waals surface area (Å²) in [5.74, 6) is -0.116. The van der Waals surface area contributed by atoms with Gasteiger partial charge in [0.05, 0.1) is 0 Å². The third-order valence-electron chi connectivity index (χ3n) is 2.47. The highest BCUT2D eigenvalue weighted by Gasteiger charge is 2.41. The van der Waals surface area contributed by atoms with Gasteiger partial charge in [-0.25, -0.2) is 0 Å². The van der Waals surface area contributed by atoms with Gasteiger partial charge >= 0.3 is 0 Å². The van der Waals surface area contributed by atoms with Gasteiger partial charge in [0.2, 0.25) is 0 Å². The molecule has 3 nitrogen and oxygen atoms in total. The molecule has 1 amide bonds. The fraction of sp³-hybridized carbons (Fsp3) is 0.200. The van der Waals surface area contributed by atoms with Crippen LogP contribution in [0.25, 0.3) is 0 Å². The van der Waals surface area contributed by atoms with Crippen molar-refractivity contribution in [3.63, 3.8) is 0 Å². The van der Waals surface area contributed by atoms with Gasteiger partial charge in [-0.15, -0.1) is 0 Å². The molecule has 1 aromatic carbocycles. The van der Waals surface area contributed by atoms with Gasteiger partial charge in [-0.2, -0.15) is 0 Å². The molecule has 0 aliphatic carbocycles. The minimum absolute atomic E-state index is 0.116. The molecule has 1 aromatic rings. The van der Waals surface area contributed by atoms with Crippen molar-refractivity contribution in [2.24, 2.45) is 0 Å². The van der Waals surface area contributed by atoms with Crippen LogP contribution in [0.15, 0.2) is 28.7 Å². The number of carbonyl (C=O) groups excluding carboxylic acids is 1. The maximum Gasteiger partial charge on any atom is 0.256 e. The average molecular weight is 285 g/mol. The molecule has 0 spiro atoms. The second kappa shape index (κ2) is 3.57. The summed E-state index contributed by atoms with van der Waals surface area (Å²) in [6.07, 6.45) is 0. The van der Waals surface area contributed by atoms with Crippen molar-refractivity contribution in [3.8, 4) is 0 Å². The number of thiocarbonyl (C=S) groups is 1. The van der Waals surface area contributed by atoms with Crippen LogP contribution in [0.2, 0.25) is 0 Å². The quantitative estimate of drug-likeness (QED) is 0.771. The summed E-state index contributed by atoms with van der Waals surface area (Å²) < 4.78 is 0.982. The van der Waals surface area contributed by atoms with E-state index in [1.807, 2.05) is 31.2 Å². The Labute approximate surface area is 101 Å². The monoisotopic (exact) mass is 284 g/mol. The number of hydrogen-bond donors (Lipinski definition) is 2. The molecule has 15 heavy (non-hydrogen) atoms. The molecule has 1 heterocycles. The zero-order valence-electron chi connectivity index (χ0n) is 8.00. The summed E-state index contributed by atoms with van der Waals surface area (Å²) in [4.78, 5) is 11.7. The molecule has 1 fully saturated rings. The highest BCUT2D eigenvalue weighted by Crippen LogP contribution is 2.25. The van der Waals surface area contributed by atoms with E-state index in [2.05, 4.69) is 26.6 Å². The highest BCUT2D eigenvalue weighted by atomic mass is 79.9. The maximum atomic E-state index is 11.7. The van der Waals surface area contributed by atoms with Crippen LogP contribution in [-0.2, 0) is 10.3 Å². The summed E-state index contributed by atoms with van der Waals surface area (Å²) in [5.41, 5.74) is 0.140. The molecule has 1 atom stereocenters. The van der Waals surface area contributed by atoms with E-state index in [0.717, 1.165) is 10.0 Å². The normalized spacial score (nSPS) is 24.9. The molecule has 0 bridgehead atoms. The Bertz CT molecular complexity index is 432. The predicted molar refractivity (Wildman–Crippen MR) is 65.4 cm³/mol.